The highest BCUT2D eigenvalue weighted by molar-refractivity contribution is 7.22. The van der Waals surface area contributed by atoms with E-state index in [1.165, 1.54) is 37.0 Å². The quantitative estimate of drug-likeness (QED) is 0.548. The number of nitrogens with zero attached hydrogens (tertiary/aromatic N) is 3. The molecule has 6 rings (SSSR count). The minimum atomic E-state index is 0.101. The molecule has 2 heterocycles. The molecule has 166 valence electrons. The zero-order valence-corrected chi connectivity index (χ0v) is 18.9. The molecule has 1 amide bonds. The van der Waals surface area contributed by atoms with Gasteiger partial charge in [0.1, 0.15) is 12.4 Å². The largest absolute Gasteiger partial charge is 0.495 e. The Balaban J connectivity index is 1.21. The molecule has 3 saturated carbocycles. The summed E-state index contributed by atoms with van der Waals surface area (Å²) in [5, 5.41) is 3.64. The number of hydrogen-bond acceptors (Lipinski definition) is 7. The molecule has 3 aliphatic carbocycles. The summed E-state index contributed by atoms with van der Waals surface area (Å²) in [6, 6.07) is 3.93. The van der Waals surface area contributed by atoms with E-state index in [9.17, 15) is 4.79 Å². The third-order valence-electron chi connectivity index (χ3n) is 7.11. The van der Waals surface area contributed by atoms with Gasteiger partial charge in [-0.3, -0.25) is 4.79 Å². The molecule has 3 fully saturated rings. The first-order valence-corrected chi connectivity index (χ1v) is 12.2. The van der Waals surface area contributed by atoms with Gasteiger partial charge in [-0.05, 0) is 49.7 Å². The number of carbonyl (C=O) groups excluding carboxylic acids is 1. The molecular weight excluding hydrogens is 424 g/mol. The summed E-state index contributed by atoms with van der Waals surface area (Å²) >= 11 is 1.45. The molecule has 0 saturated heterocycles. The lowest BCUT2D eigenvalue weighted by atomic mass is 10.1. The van der Waals surface area contributed by atoms with E-state index >= 15 is 0 Å². The highest BCUT2D eigenvalue weighted by atomic mass is 32.1. The number of ether oxygens (including phenoxy) is 2. The van der Waals surface area contributed by atoms with Gasteiger partial charge in [0.05, 0.1) is 23.4 Å². The van der Waals surface area contributed by atoms with Crippen molar-refractivity contribution in [2.75, 3.05) is 12.4 Å². The van der Waals surface area contributed by atoms with Crippen LogP contribution >= 0.6 is 11.3 Å². The maximum Gasteiger partial charge on any atom is 0.229 e. The van der Waals surface area contributed by atoms with Gasteiger partial charge < -0.3 is 14.8 Å². The summed E-state index contributed by atoms with van der Waals surface area (Å²) in [7, 11) is 1.65. The first-order chi connectivity index (χ1) is 15.6. The summed E-state index contributed by atoms with van der Waals surface area (Å²) in [5.41, 5.74) is 2.93. The van der Waals surface area contributed by atoms with Crippen LogP contribution in [0.1, 0.15) is 50.8 Å². The molecule has 0 aliphatic heterocycles. The fourth-order valence-corrected chi connectivity index (χ4v) is 5.88. The Kier molecular flexibility index (Phi) is 4.87. The van der Waals surface area contributed by atoms with E-state index in [0.717, 1.165) is 46.4 Å². The zero-order chi connectivity index (χ0) is 21.7. The summed E-state index contributed by atoms with van der Waals surface area (Å²) in [5.74, 6) is 1.69. The van der Waals surface area contributed by atoms with Crippen LogP contribution in [-0.2, 0) is 16.1 Å². The van der Waals surface area contributed by atoms with Gasteiger partial charge in [-0.2, -0.15) is 0 Å². The van der Waals surface area contributed by atoms with Crippen molar-refractivity contribution in [2.45, 2.75) is 57.7 Å². The van der Waals surface area contributed by atoms with Crippen molar-refractivity contribution in [3.05, 3.63) is 30.4 Å². The number of fused-ring (bicyclic) bond motifs is 1. The van der Waals surface area contributed by atoms with Gasteiger partial charge in [-0.15, -0.1) is 0 Å². The highest BCUT2D eigenvalue weighted by Gasteiger charge is 2.65. The second-order valence-corrected chi connectivity index (χ2v) is 10.2. The summed E-state index contributed by atoms with van der Waals surface area (Å²) < 4.78 is 12.6. The molecule has 1 N–H and O–H groups in total. The van der Waals surface area contributed by atoms with Crippen molar-refractivity contribution >= 4 is 32.6 Å². The predicted octanol–water partition coefficient (Wildman–Crippen LogP) is 4.96. The highest BCUT2D eigenvalue weighted by Crippen LogP contribution is 2.70. The molecule has 2 aromatic heterocycles. The molecule has 1 spiro atoms. The number of nitrogens with one attached hydrogen (secondary N) is 1. The Hall–Kier alpha value is -2.58. The number of carbonyl (C=O) groups is 1. The Labute approximate surface area is 190 Å². The maximum atomic E-state index is 12.5. The minimum absolute atomic E-state index is 0.101. The molecule has 3 aliphatic rings. The Bertz CT molecular complexity index is 1170. The molecule has 1 unspecified atom stereocenters. The van der Waals surface area contributed by atoms with Crippen molar-refractivity contribution in [3.63, 3.8) is 0 Å². The van der Waals surface area contributed by atoms with Crippen molar-refractivity contribution in [1.82, 2.24) is 15.0 Å². The lowest BCUT2D eigenvalue weighted by molar-refractivity contribution is -0.117. The van der Waals surface area contributed by atoms with Crippen LogP contribution in [0.4, 0.5) is 5.13 Å². The number of benzene rings is 1. The maximum absolute atomic E-state index is 12.5. The fraction of sp³-hybridized carbons (Fsp3) is 0.500. The van der Waals surface area contributed by atoms with Gasteiger partial charge in [0, 0.05) is 29.4 Å². The Morgan fingerprint density at radius 1 is 1.22 bits per heavy atom. The molecule has 1 aromatic carbocycles. The first-order valence-electron chi connectivity index (χ1n) is 11.4. The topological polar surface area (TPSA) is 86.2 Å². The number of thiazole rings is 1. The van der Waals surface area contributed by atoms with Gasteiger partial charge in [0.15, 0.2) is 11.0 Å². The number of aromatic nitrogens is 3. The van der Waals surface area contributed by atoms with Gasteiger partial charge in [0.25, 0.3) is 0 Å². The molecule has 0 bridgehead atoms. The number of methoxy groups -OCH3 is 1. The third kappa shape index (κ3) is 3.65. The third-order valence-corrected chi connectivity index (χ3v) is 8.10. The van der Waals surface area contributed by atoms with E-state index in [1.807, 2.05) is 24.5 Å². The van der Waals surface area contributed by atoms with Gasteiger partial charge >= 0.3 is 0 Å². The van der Waals surface area contributed by atoms with Crippen molar-refractivity contribution < 1.29 is 14.3 Å². The average molecular weight is 451 g/mol. The second-order valence-electron chi connectivity index (χ2n) is 9.23. The SMILES string of the molecule is COc1c(-c2cnc(COC3CCCC3)nc2)ccc2nc(NC(=O)C3CC34CC4)sc12. The van der Waals surface area contributed by atoms with Crippen LogP contribution in [0.5, 0.6) is 5.75 Å². The van der Waals surface area contributed by atoms with E-state index in [0.29, 0.717) is 29.1 Å². The predicted molar refractivity (Wildman–Crippen MR) is 123 cm³/mol. The van der Waals surface area contributed by atoms with Crippen LogP contribution in [0.15, 0.2) is 24.5 Å². The van der Waals surface area contributed by atoms with E-state index in [1.54, 1.807) is 7.11 Å². The first kappa shape index (κ1) is 20.1. The van der Waals surface area contributed by atoms with Gasteiger partial charge in [-0.1, -0.05) is 24.2 Å². The standard InChI is InChI=1S/C24H26N4O3S/c1-30-20-16(14-11-25-19(26-12-14)13-31-15-4-2-3-5-15)6-7-18-21(20)32-23(27-18)28-22(29)17-10-24(17)8-9-24/h6-7,11-12,15,17H,2-5,8-10,13H2,1H3,(H,27,28,29). The molecule has 0 radical (unpaired) electrons. The Morgan fingerprint density at radius 2 is 2.00 bits per heavy atom. The van der Waals surface area contributed by atoms with Crippen LogP contribution in [0, 0.1) is 11.3 Å². The van der Waals surface area contributed by atoms with E-state index in [-0.39, 0.29) is 11.8 Å². The summed E-state index contributed by atoms with van der Waals surface area (Å²) in [6.07, 6.45) is 12.1. The minimum Gasteiger partial charge on any atom is -0.495 e. The summed E-state index contributed by atoms with van der Waals surface area (Å²) in [4.78, 5) is 26.1. The van der Waals surface area contributed by atoms with E-state index in [2.05, 4.69) is 20.3 Å². The van der Waals surface area contributed by atoms with Crippen LogP contribution in [0.2, 0.25) is 0 Å². The van der Waals surface area contributed by atoms with Crippen LogP contribution < -0.4 is 10.1 Å². The van der Waals surface area contributed by atoms with Crippen molar-refractivity contribution in [2.24, 2.45) is 11.3 Å². The van der Waals surface area contributed by atoms with E-state index < -0.39 is 0 Å². The lowest BCUT2D eigenvalue weighted by Gasteiger charge is -2.11. The summed E-state index contributed by atoms with van der Waals surface area (Å²) in [6.45, 7) is 0.446. The van der Waals surface area contributed by atoms with Crippen molar-refractivity contribution in [1.29, 1.82) is 0 Å². The average Bonchev–Trinajstić information content (AvgIpc) is 3.60. The molecular formula is C24H26N4O3S. The normalized spacial score (nSPS) is 21.2. The fourth-order valence-electron chi connectivity index (χ4n) is 4.89. The molecule has 8 heteroatoms. The molecule has 32 heavy (non-hydrogen) atoms. The molecule has 1 atom stereocenters. The van der Waals surface area contributed by atoms with Crippen LogP contribution in [-0.4, -0.2) is 34.1 Å². The number of rotatable bonds is 7. The molecule has 3 aromatic rings. The lowest BCUT2D eigenvalue weighted by Crippen LogP contribution is -2.14. The number of anilines is 1. The smallest absolute Gasteiger partial charge is 0.229 e. The number of hydrogen-bond donors (Lipinski definition) is 1. The van der Waals surface area contributed by atoms with Crippen LogP contribution in [0.25, 0.3) is 21.3 Å². The van der Waals surface area contributed by atoms with Crippen molar-refractivity contribution in [3.8, 4) is 16.9 Å². The van der Waals surface area contributed by atoms with Gasteiger partial charge in [0.2, 0.25) is 5.91 Å². The van der Waals surface area contributed by atoms with Crippen LogP contribution in [0.3, 0.4) is 0 Å². The van der Waals surface area contributed by atoms with Gasteiger partial charge in [-0.25, -0.2) is 15.0 Å². The monoisotopic (exact) mass is 450 g/mol. The second kappa shape index (κ2) is 7.78. The van der Waals surface area contributed by atoms with E-state index in [4.69, 9.17) is 9.47 Å². The zero-order valence-electron chi connectivity index (χ0n) is 18.1. The number of amides is 1. The Morgan fingerprint density at radius 3 is 2.69 bits per heavy atom. The molecule has 7 nitrogen and oxygen atoms in total.